The first-order valence-electron chi connectivity index (χ1n) is 2.12. The molecule has 1 rings (SSSR count). The number of hydrogen-bond acceptors (Lipinski definition) is 1. The summed E-state index contributed by atoms with van der Waals surface area (Å²) in [6.45, 7) is 1.12. The number of rotatable bonds is 0. The van der Waals surface area contributed by atoms with Gasteiger partial charge in [-0.1, -0.05) is 0 Å². The van der Waals surface area contributed by atoms with Gasteiger partial charge >= 0.3 is 0 Å². The van der Waals surface area contributed by atoms with Crippen LogP contribution in [0.2, 0.25) is 0 Å². The summed E-state index contributed by atoms with van der Waals surface area (Å²) in [6.07, 6.45) is 2.84. The van der Waals surface area contributed by atoms with Crippen LogP contribution < -0.4 is 0 Å². The van der Waals surface area contributed by atoms with Crippen molar-refractivity contribution in [1.82, 2.24) is 5.12 Å². The van der Waals surface area contributed by atoms with E-state index < -0.39 is 0 Å². The second-order valence-corrected chi connectivity index (χ2v) is 1.45. The highest BCUT2D eigenvalue weighted by Crippen LogP contribution is 2.04. The third kappa shape index (κ3) is 0.684. The predicted molar refractivity (Wildman–Crippen MR) is 21.6 cm³/mol. The molecule has 1 aliphatic rings. The lowest BCUT2D eigenvalue weighted by atomic mass is 10.4. The summed E-state index contributed by atoms with van der Waals surface area (Å²) < 4.78 is 11.7. The minimum atomic E-state index is 0.528. The van der Waals surface area contributed by atoms with Crippen LogP contribution in [0.15, 0.2) is 0 Å². The molecule has 1 aliphatic heterocycles. The lowest BCUT2D eigenvalue weighted by Crippen LogP contribution is -2.04. The van der Waals surface area contributed by atoms with E-state index in [0.717, 1.165) is 11.5 Å². The van der Waals surface area contributed by atoms with Crippen molar-refractivity contribution in [2.75, 3.05) is 13.1 Å². The fraction of sp³-hybridized carbons (Fsp3) is 0.750. The highest BCUT2D eigenvalue weighted by Gasteiger charge is 2.08. The topological polar surface area (TPSA) is 3.24 Å². The van der Waals surface area contributed by atoms with E-state index >= 15 is 0 Å². The van der Waals surface area contributed by atoms with Gasteiger partial charge in [-0.25, -0.2) is 0 Å². The Balaban J connectivity index is 2.18. The summed E-state index contributed by atoms with van der Waals surface area (Å²) in [6, 6.07) is 0. The Labute approximate surface area is 36.7 Å². The van der Waals surface area contributed by atoms with Crippen molar-refractivity contribution < 1.29 is 4.48 Å². The molecule has 0 aromatic carbocycles. The maximum absolute atomic E-state index is 11.7. The van der Waals surface area contributed by atoms with Gasteiger partial charge in [-0.3, -0.25) is 0 Å². The summed E-state index contributed by atoms with van der Waals surface area (Å²) in [5.41, 5.74) is 0. The van der Waals surface area contributed by atoms with E-state index in [9.17, 15) is 4.48 Å². The van der Waals surface area contributed by atoms with E-state index in [0.29, 0.717) is 13.1 Å². The Kier molecular flexibility index (Phi) is 1.05. The smallest absolute Gasteiger partial charge is 0.0322 e. The average Bonchev–Trinajstić information content (AvgIpc) is 1.86. The van der Waals surface area contributed by atoms with Crippen molar-refractivity contribution in [3.05, 3.63) is 6.42 Å². The van der Waals surface area contributed by atoms with E-state index in [1.165, 1.54) is 0 Å². The van der Waals surface area contributed by atoms with Gasteiger partial charge in [0.1, 0.15) is 0 Å². The van der Waals surface area contributed by atoms with Crippen LogP contribution in [-0.2, 0) is 0 Å². The molecule has 0 spiro atoms. The first kappa shape index (κ1) is 4.06. The van der Waals surface area contributed by atoms with Crippen molar-refractivity contribution in [3.8, 4) is 0 Å². The van der Waals surface area contributed by atoms with E-state index in [4.69, 9.17) is 0 Å². The van der Waals surface area contributed by atoms with Crippen LogP contribution in [0.5, 0.6) is 0 Å². The van der Waals surface area contributed by atoms with E-state index in [2.05, 4.69) is 0 Å². The molecule has 0 amide bonds. The van der Waals surface area contributed by atoms with Crippen LogP contribution >= 0.6 is 0 Å². The Morgan fingerprint density at radius 1 is 1.67 bits per heavy atom. The van der Waals surface area contributed by atoms with E-state index in [-0.39, 0.29) is 0 Å². The molecule has 1 radical (unpaired) electrons. The quantitative estimate of drug-likeness (QED) is 0.395. The van der Waals surface area contributed by atoms with Gasteiger partial charge in [0, 0.05) is 13.1 Å². The molecule has 1 nitrogen and oxygen atoms in total. The lowest BCUT2D eigenvalue weighted by molar-refractivity contribution is 0.0607. The third-order valence-electron chi connectivity index (χ3n) is 0.903. The van der Waals surface area contributed by atoms with Crippen LogP contribution in [-0.4, -0.2) is 18.2 Å². The molecule has 0 bridgehead atoms. The Hall–Kier alpha value is -0.110. The molecular formula is C4H7FN. The minimum absolute atomic E-state index is 0.528. The molecule has 0 saturated carbocycles. The first-order chi connectivity index (χ1) is 2.89. The Morgan fingerprint density at radius 3 is 2.67 bits per heavy atom. The highest BCUT2D eigenvalue weighted by molar-refractivity contribution is 4.75. The molecule has 1 fully saturated rings. The molecule has 0 atom stereocenters. The second-order valence-electron chi connectivity index (χ2n) is 1.45. The number of nitrogens with zero attached hydrogens (tertiary/aromatic N) is 1. The first-order valence-corrected chi connectivity index (χ1v) is 2.12. The zero-order chi connectivity index (χ0) is 4.41. The van der Waals surface area contributed by atoms with Crippen molar-refractivity contribution in [2.24, 2.45) is 0 Å². The van der Waals surface area contributed by atoms with E-state index in [1.807, 2.05) is 6.42 Å². The van der Waals surface area contributed by atoms with Crippen LogP contribution in [0.4, 0.5) is 4.48 Å². The maximum atomic E-state index is 11.7. The number of hydrogen-bond donors (Lipinski definition) is 0. The minimum Gasteiger partial charge on any atom is -0.146 e. The molecule has 35 valence electrons. The van der Waals surface area contributed by atoms with Gasteiger partial charge in [0.15, 0.2) is 0 Å². The van der Waals surface area contributed by atoms with Crippen molar-refractivity contribution in [1.29, 1.82) is 0 Å². The van der Waals surface area contributed by atoms with Crippen molar-refractivity contribution in [3.63, 3.8) is 0 Å². The van der Waals surface area contributed by atoms with Gasteiger partial charge in [0.05, 0.1) is 0 Å². The molecule has 2 heteroatoms. The van der Waals surface area contributed by atoms with Crippen LogP contribution in [0, 0.1) is 6.42 Å². The summed E-state index contributed by atoms with van der Waals surface area (Å²) in [5, 5.41) is 0.806. The Bertz CT molecular complexity index is 40.8. The predicted octanol–water partition coefficient (Wildman–Crippen LogP) is 0.781. The molecule has 0 unspecified atom stereocenters. The summed E-state index contributed by atoms with van der Waals surface area (Å²) >= 11 is 0. The van der Waals surface area contributed by atoms with Gasteiger partial charge in [-0.05, 0) is 12.8 Å². The lowest BCUT2D eigenvalue weighted by Gasteiger charge is -1.93. The number of halogens is 1. The molecule has 1 heterocycles. The van der Waals surface area contributed by atoms with Crippen LogP contribution in [0.1, 0.15) is 6.42 Å². The maximum Gasteiger partial charge on any atom is 0.0322 e. The molecule has 0 N–H and O–H groups in total. The molecule has 1 saturated heterocycles. The SMILES string of the molecule is FN1C[CH]CC1. The van der Waals surface area contributed by atoms with Gasteiger partial charge in [-0.15, -0.1) is 9.60 Å². The molecule has 0 aromatic heterocycles. The molecule has 0 aromatic rings. The Morgan fingerprint density at radius 2 is 2.50 bits per heavy atom. The average molecular weight is 88.1 g/mol. The van der Waals surface area contributed by atoms with Crippen LogP contribution in [0.25, 0.3) is 0 Å². The second kappa shape index (κ2) is 1.56. The molecule has 0 aliphatic carbocycles. The largest absolute Gasteiger partial charge is 0.146 e. The molecular weight excluding hydrogens is 81.0 g/mol. The monoisotopic (exact) mass is 88.1 g/mol. The standard InChI is InChI=1S/C4H7FN/c5-6-3-1-2-4-6/h1H,2-4H2. The van der Waals surface area contributed by atoms with Crippen molar-refractivity contribution >= 4 is 0 Å². The fourth-order valence-electron chi connectivity index (χ4n) is 0.554. The van der Waals surface area contributed by atoms with Gasteiger partial charge in [-0.2, -0.15) is 0 Å². The zero-order valence-corrected chi connectivity index (χ0v) is 3.52. The van der Waals surface area contributed by atoms with E-state index in [1.54, 1.807) is 0 Å². The zero-order valence-electron chi connectivity index (χ0n) is 3.52. The molecule has 6 heavy (non-hydrogen) atoms. The van der Waals surface area contributed by atoms with Gasteiger partial charge < -0.3 is 0 Å². The fourth-order valence-corrected chi connectivity index (χ4v) is 0.554. The normalized spacial score (nSPS) is 25.5. The van der Waals surface area contributed by atoms with Gasteiger partial charge in [0.2, 0.25) is 0 Å². The summed E-state index contributed by atoms with van der Waals surface area (Å²) in [5.74, 6) is 0. The van der Waals surface area contributed by atoms with Gasteiger partial charge in [0.25, 0.3) is 0 Å². The van der Waals surface area contributed by atoms with Crippen molar-refractivity contribution in [2.45, 2.75) is 6.42 Å². The summed E-state index contributed by atoms with van der Waals surface area (Å²) in [4.78, 5) is 0. The highest BCUT2D eigenvalue weighted by atomic mass is 19.2. The third-order valence-corrected chi connectivity index (χ3v) is 0.903. The van der Waals surface area contributed by atoms with Crippen LogP contribution in [0.3, 0.4) is 0 Å². The summed E-state index contributed by atoms with van der Waals surface area (Å²) in [7, 11) is 0.